The molecule has 20 heavy (non-hydrogen) atoms. The lowest BCUT2D eigenvalue weighted by Crippen LogP contribution is -2.28. The highest BCUT2D eigenvalue weighted by molar-refractivity contribution is 7.88. The first-order valence-electron chi connectivity index (χ1n) is 4.61. The van der Waals surface area contributed by atoms with Gasteiger partial charge in [-0.2, -0.15) is 21.6 Å². The molecule has 1 N–H and O–H groups in total. The smallest absolute Gasteiger partial charge is 0.493 e. The summed E-state index contributed by atoms with van der Waals surface area (Å²) in [7, 11) is -5.24. The second-order valence-corrected chi connectivity index (χ2v) is 4.82. The van der Waals surface area contributed by atoms with Gasteiger partial charge in [-0.25, -0.2) is 9.18 Å². The first-order chi connectivity index (χ1) is 8.99. The van der Waals surface area contributed by atoms with Crippen molar-refractivity contribution < 1.29 is 44.8 Å². The van der Waals surface area contributed by atoms with Crippen LogP contribution in [0.2, 0.25) is 0 Å². The lowest BCUT2D eigenvalue weighted by molar-refractivity contribution is -0.0501. The van der Waals surface area contributed by atoms with Crippen LogP contribution in [0, 0.1) is 5.82 Å². The molecule has 0 unspecified atom stereocenters. The number of rotatable bonds is 4. The second kappa shape index (κ2) is 5.15. The maximum atomic E-state index is 13.5. The SMILES string of the molecule is COc1cc(C(=O)O)cc(F)c1OS(=O)(=O)C(F)(F)F. The number of carboxylic acid groups (broad SMARTS) is 1. The molecule has 0 amide bonds. The molecular formula is C9H6F4O6S. The summed E-state index contributed by atoms with van der Waals surface area (Å²) in [5.74, 6) is -5.41. The molecule has 0 radical (unpaired) electrons. The van der Waals surface area contributed by atoms with Crippen LogP contribution in [0.15, 0.2) is 12.1 Å². The van der Waals surface area contributed by atoms with Crippen molar-refractivity contribution in [3.63, 3.8) is 0 Å². The quantitative estimate of drug-likeness (QED) is 0.517. The topological polar surface area (TPSA) is 89.9 Å². The summed E-state index contributed by atoms with van der Waals surface area (Å²) in [4.78, 5) is 10.6. The largest absolute Gasteiger partial charge is 0.534 e. The normalized spacial score (nSPS) is 12.1. The number of carboxylic acids is 1. The first kappa shape index (κ1) is 16.0. The van der Waals surface area contributed by atoms with Gasteiger partial charge in [0, 0.05) is 0 Å². The molecule has 0 aromatic heterocycles. The Labute approximate surface area is 109 Å². The van der Waals surface area contributed by atoms with Crippen molar-refractivity contribution in [3.8, 4) is 11.5 Å². The van der Waals surface area contributed by atoms with Crippen LogP contribution in [0.5, 0.6) is 11.5 Å². The van der Waals surface area contributed by atoms with Gasteiger partial charge in [-0.3, -0.25) is 0 Å². The molecule has 6 nitrogen and oxygen atoms in total. The Hall–Kier alpha value is -2.04. The zero-order chi connectivity index (χ0) is 15.7. The fourth-order valence-electron chi connectivity index (χ4n) is 1.08. The minimum atomic E-state index is -6.11. The van der Waals surface area contributed by atoms with Crippen LogP contribution < -0.4 is 8.92 Å². The molecule has 112 valence electrons. The summed E-state index contributed by atoms with van der Waals surface area (Å²) in [6.07, 6.45) is 0. The third-order valence-corrected chi connectivity index (χ3v) is 2.91. The van der Waals surface area contributed by atoms with Crippen molar-refractivity contribution >= 4 is 16.1 Å². The predicted molar refractivity (Wildman–Crippen MR) is 55.5 cm³/mol. The van der Waals surface area contributed by atoms with Crippen LogP contribution >= 0.6 is 0 Å². The summed E-state index contributed by atoms with van der Waals surface area (Å²) in [6.45, 7) is 0. The Bertz CT molecular complexity index is 637. The van der Waals surface area contributed by atoms with Crippen molar-refractivity contribution in [2.24, 2.45) is 0 Å². The standard InChI is InChI=1S/C9H6F4O6S/c1-18-6-3-4(8(14)15)2-5(10)7(6)19-20(16,17)9(11,12)13/h2-3H,1H3,(H,14,15). The molecule has 1 rings (SSSR count). The van der Waals surface area contributed by atoms with Gasteiger partial charge >= 0.3 is 21.6 Å². The van der Waals surface area contributed by atoms with E-state index in [9.17, 15) is 30.8 Å². The number of benzene rings is 1. The Morgan fingerprint density at radius 3 is 2.25 bits per heavy atom. The molecule has 0 fully saturated rings. The Morgan fingerprint density at radius 1 is 1.30 bits per heavy atom. The van der Waals surface area contributed by atoms with Gasteiger partial charge in [0.1, 0.15) is 0 Å². The summed E-state index contributed by atoms with van der Waals surface area (Å²) < 4.78 is 79.4. The fraction of sp³-hybridized carbons (Fsp3) is 0.222. The third kappa shape index (κ3) is 3.10. The average Bonchev–Trinajstić information content (AvgIpc) is 2.29. The van der Waals surface area contributed by atoms with E-state index in [1.807, 2.05) is 0 Å². The fourth-order valence-corrected chi connectivity index (χ4v) is 1.56. The molecule has 0 aliphatic rings. The number of hydrogen-bond acceptors (Lipinski definition) is 5. The van der Waals surface area contributed by atoms with Crippen molar-refractivity contribution in [1.29, 1.82) is 0 Å². The van der Waals surface area contributed by atoms with Gasteiger partial charge in [0.15, 0.2) is 11.6 Å². The highest BCUT2D eigenvalue weighted by Gasteiger charge is 2.49. The number of carbonyl (C=O) groups is 1. The van der Waals surface area contributed by atoms with Gasteiger partial charge in [0.05, 0.1) is 12.7 Å². The van der Waals surface area contributed by atoms with Gasteiger partial charge in [-0.15, -0.1) is 0 Å². The number of aromatic carboxylic acids is 1. The molecule has 1 aromatic carbocycles. The number of hydrogen-bond donors (Lipinski definition) is 1. The van der Waals surface area contributed by atoms with Gasteiger partial charge in [-0.05, 0) is 12.1 Å². The molecule has 0 aliphatic carbocycles. The Balaban J connectivity index is 3.37. The lowest BCUT2D eigenvalue weighted by Gasteiger charge is -2.13. The minimum Gasteiger partial charge on any atom is -0.493 e. The maximum absolute atomic E-state index is 13.5. The number of ether oxygens (including phenoxy) is 1. The van der Waals surface area contributed by atoms with E-state index >= 15 is 0 Å². The molecule has 0 aliphatic heterocycles. The third-order valence-electron chi connectivity index (χ3n) is 1.95. The van der Waals surface area contributed by atoms with E-state index in [0.717, 1.165) is 7.11 Å². The van der Waals surface area contributed by atoms with Crippen molar-refractivity contribution in [2.45, 2.75) is 5.51 Å². The molecule has 0 bridgehead atoms. The Kier molecular flexibility index (Phi) is 4.12. The van der Waals surface area contributed by atoms with Crippen LogP contribution in [0.1, 0.15) is 10.4 Å². The number of alkyl halides is 3. The molecule has 0 spiro atoms. The molecule has 0 saturated heterocycles. The van der Waals surface area contributed by atoms with E-state index in [4.69, 9.17) is 5.11 Å². The van der Waals surface area contributed by atoms with Crippen LogP contribution in [-0.4, -0.2) is 32.1 Å². The summed E-state index contributed by atoms with van der Waals surface area (Å²) in [5, 5.41) is 8.62. The summed E-state index contributed by atoms with van der Waals surface area (Å²) in [6, 6.07) is 0.915. The minimum absolute atomic E-state index is 0.298. The van der Waals surface area contributed by atoms with Crippen LogP contribution in [0.25, 0.3) is 0 Å². The molecule has 0 saturated carbocycles. The van der Waals surface area contributed by atoms with E-state index in [1.54, 1.807) is 0 Å². The molecular weight excluding hydrogens is 312 g/mol. The van der Waals surface area contributed by atoms with E-state index < -0.39 is 44.5 Å². The Morgan fingerprint density at radius 2 is 1.85 bits per heavy atom. The molecule has 0 heterocycles. The predicted octanol–water partition coefficient (Wildman–Crippen LogP) is 1.76. The zero-order valence-electron chi connectivity index (χ0n) is 9.56. The van der Waals surface area contributed by atoms with E-state index in [0.29, 0.717) is 12.1 Å². The molecule has 0 atom stereocenters. The van der Waals surface area contributed by atoms with Gasteiger partial charge in [0.25, 0.3) is 0 Å². The summed E-state index contributed by atoms with van der Waals surface area (Å²) >= 11 is 0. The van der Waals surface area contributed by atoms with Crippen molar-refractivity contribution in [1.82, 2.24) is 0 Å². The van der Waals surface area contributed by atoms with Crippen LogP contribution in [-0.2, 0) is 10.1 Å². The highest BCUT2D eigenvalue weighted by Crippen LogP contribution is 2.36. The van der Waals surface area contributed by atoms with Gasteiger partial charge in [-0.1, -0.05) is 0 Å². The van der Waals surface area contributed by atoms with Gasteiger partial charge < -0.3 is 14.0 Å². The average molecular weight is 318 g/mol. The van der Waals surface area contributed by atoms with Crippen LogP contribution in [0.4, 0.5) is 17.6 Å². The van der Waals surface area contributed by atoms with Crippen molar-refractivity contribution in [3.05, 3.63) is 23.5 Å². The monoisotopic (exact) mass is 318 g/mol. The maximum Gasteiger partial charge on any atom is 0.534 e. The van der Waals surface area contributed by atoms with Crippen LogP contribution in [0.3, 0.4) is 0 Å². The van der Waals surface area contributed by atoms with Gasteiger partial charge in [0.2, 0.25) is 5.75 Å². The molecule has 11 heteroatoms. The van der Waals surface area contributed by atoms with E-state index in [1.165, 1.54) is 0 Å². The summed E-state index contributed by atoms with van der Waals surface area (Å²) in [5.41, 5.74) is -6.42. The van der Waals surface area contributed by atoms with E-state index in [2.05, 4.69) is 8.92 Å². The first-order valence-corrected chi connectivity index (χ1v) is 6.02. The highest BCUT2D eigenvalue weighted by atomic mass is 32.2. The number of halogens is 4. The zero-order valence-corrected chi connectivity index (χ0v) is 10.4. The van der Waals surface area contributed by atoms with E-state index in [-0.39, 0.29) is 0 Å². The lowest BCUT2D eigenvalue weighted by atomic mass is 10.2. The molecule has 1 aromatic rings. The van der Waals surface area contributed by atoms with Crippen molar-refractivity contribution in [2.75, 3.05) is 7.11 Å². The second-order valence-electron chi connectivity index (χ2n) is 3.28. The number of methoxy groups -OCH3 is 1.